The first-order valence-corrected chi connectivity index (χ1v) is 7.96. The second-order valence-corrected chi connectivity index (χ2v) is 5.73. The molecule has 0 saturated carbocycles. The number of amides is 1. The normalized spacial score (nSPS) is 12.0. The van der Waals surface area contributed by atoms with Crippen molar-refractivity contribution in [3.8, 4) is 0 Å². The van der Waals surface area contributed by atoms with Gasteiger partial charge >= 0.3 is 0 Å². The Morgan fingerprint density at radius 2 is 1.83 bits per heavy atom. The fourth-order valence-electron chi connectivity index (χ4n) is 2.62. The molecule has 3 rings (SSSR count). The minimum absolute atomic E-state index is 0.0534. The van der Waals surface area contributed by atoms with Crippen molar-refractivity contribution in [3.05, 3.63) is 76.3 Å². The number of carbonyl (C=O) groups is 1. The van der Waals surface area contributed by atoms with Crippen molar-refractivity contribution in [1.82, 2.24) is 15.3 Å². The molecule has 122 valence electrons. The molecule has 1 amide bonds. The molecule has 0 aliphatic rings. The standard InChI is InChI=1S/C19H19N3O2/c1-13(14-7-3-2-4-8-14)20-18(23)12-11-17-21-16-10-6-5-9-15(16)19(24)22-17/h2-10,13H,11-12H2,1H3,(H,20,23)(H,21,22,24)/t13-/m0/s1. The van der Waals surface area contributed by atoms with E-state index >= 15 is 0 Å². The van der Waals surface area contributed by atoms with E-state index in [1.807, 2.05) is 43.3 Å². The van der Waals surface area contributed by atoms with Gasteiger partial charge in [0, 0.05) is 12.8 Å². The second-order valence-electron chi connectivity index (χ2n) is 5.73. The topological polar surface area (TPSA) is 74.8 Å². The van der Waals surface area contributed by atoms with Crippen LogP contribution >= 0.6 is 0 Å². The van der Waals surface area contributed by atoms with Crippen LogP contribution in [-0.2, 0) is 11.2 Å². The third-order valence-corrected chi connectivity index (χ3v) is 3.93. The number of carbonyl (C=O) groups excluding carboxylic acids is 1. The lowest BCUT2D eigenvalue weighted by Gasteiger charge is -2.14. The van der Waals surface area contributed by atoms with E-state index in [9.17, 15) is 9.59 Å². The summed E-state index contributed by atoms with van der Waals surface area (Å²) in [7, 11) is 0. The van der Waals surface area contributed by atoms with Gasteiger partial charge in [0.15, 0.2) is 0 Å². The Morgan fingerprint density at radius 1 is 1.12 bits per heavy atom. The summed E-state index contributed by atoms with van der Waals surface area (Å²) >= 11 is 0. The third-order valence-electron chi connectivity index (χ3n) is 3.93. The van der Waals surface area contributed by atoms with Crippen molar-refractivity contribution < 1.29 is 4.79 Å². The van der Waals surface area contributed by atoms with Gasteiger partial charge < -0.3 is 10.3 Å². The van der Waals surface area contributed by atoms with Gasteiger partial charge in [-0.2, -0.15) is 0 Å². The van der Waals surface area contributed by atoms with Crippen LogP contribution in [0.3, 0.4) is 0 Å². The molecule has 0 bridgehead atoms. The van der Waals surface area contributed by atoms with Crippen molar-refractivity contribution in [2.75, 3.05) is 0 Å². The fourth-order valence-corrected chi connectivity index (χ4v) is 2.62. The number of aromatic nitrogens is 2. The molecule has 2 aromatic carbocycles. The number of nitrogens with one attached hydrogen (secondary N) is 2. The molecule has 0 saturated heterocycles. The largest absolute Gasteiger partial charge is 0.350 e. The summed E-state index contributed by atoms with van der Waals surface area (Å²) in [6, 6.07) is 16.9. The summed E-state index contributed by atoms with van der Waals surface area (Å²) in [6.07, 6.45) is 0.672. The number of hydrogen-bond acceptors (Lipinski definition) is 3. The first kappa shape index (κ1) is 15.9. The summed E-state index contributed by atoms with van der Waals surface area (Å²) in [6.45, 7) is 1.95. The molecule has 0 aliphatic heterocycles. The van der Waals surface area contributed by atoms with Crippen molar-refractivity contribution in [3.63, 3.8) is 0 Å². The molecule has 0 unspecified atom stereocenters. The minimum atomic E-state index is -0.173. The van der Waals surface area contributed by atoms with Gasteiger partial charge in [0.05, 0.1) is 16.9 Å². The number of aromatic amines is 1. The van der Waals surface area contributed by atoms with Crippen LogP contribution in [0.1, 0.15) is 30.8 Å². The molecule has 1 atom stereocenters. The number of hydrogen-bond donors (Lipinski definition) is 2. The number of nitrogens with zero attached hydrogens (tertiary/aromatic N) is 1. The fraction of sp³-hybridized carbons (Fsp3) is 0.211. The SMILES string of the molecule is C[C@H](NC(=O)CCc1nc2ccccc2c(=O)[nH]1)c1ccccc1. The van der Waals surface area contributed by atoms with Crippen LogP contribution in [-0.4, -0.2) is 15.9 Å². The van der Waals surface area contributed by atoms with E-state index in [1.54, 1.807) is 18.2 Å². The summed E-state index contributed by atoms with van der Waals surface area (Å²) in [5, 5.41) is 3.52. The van der Waals surface area contributed by atoms with E-state index < -0.39 is 0 Å². The highest BCUT2D eigenvalue weighted by Crippen LogP contribution is 2.11. The molecule has 2 N–H and O–H groups in total. The number of fused-ring (bicyclic) bond motifs is 1. The van der Waals surface area contributed by atoms with Gasteiger partial charge in [-0.25, -0.2) is 4.98 Å². The summed E-state index contributed by atoms with van der Waals surface area (Å²) in [4.78, 5) is 31.3. The molecular weight excluding hydrogens is 302 g/mol. The van der Waals surface area contributed by atoms with Gasteiger partial charge in [0.25, 0.3) is 5.56 Å². The lowest BCUT2D eigenvalue weighted by molar-refractivity contribution is -0.121. The Morgan fingerprint density at radius 3 is 2.62 bits per heavy atom. The third kappa shape index (κ3) is 3.68. The van der Waals surface area contributed by atoms with Gasteiger partial charge in [-0.1, -0.05) is 42.5 Å². The van der Waals surface area contributed by atoms with E-state index in [2.05, 4.69) is 15.3 Å². The molecule has 5 nitrogen and oxygen atoms in total. The summed E-state index contributed by atoms with van der Waals surface area (Å²) in [5.74, 6) is 0.461. The zero-order valence-corrected chi connectivity index (χ0v) is 13.5. The maximum atomic E-state index is 12.1. The number of H-pyrrole nitrogens is 1. The average molecular weight is 321 g/mol. The lowest BCUT2D eigenvalue weighted by Crippen LogP contribution is -2.27. The first-order valence-electron chi connectivity index (χ1n) is 7.96. The van der Waals surface area contributed by atoms with Crippen LogP contribution in [0.4, 0.5) is 0 Å². The van der Waals surface area contributed by atoms with Crippen molar-refractivity contribution >= 4 is 16.8 Å². The number of aryl methyl sites for hydroxylation is 1. The van der Waals surface area contributed by atoms with Crippen LogP contribution < -0.4 is 10.9 Å². The van der Waals surface area contributed by atoms with E-state index in [4.69, 9.17) is 0 Å². The maximum Gasteiger partial charge on any atom is 0.258 e. The highest BCUT2D eigenvalue weighted by atomic mass is 16.1. The zero-order chi connectivity index (χ0) is 16.9. The Hall–Kier alpha value is -2.95. The van der Waals surface area contributed by atoms with Crippen LogP contribution in [0, 0.1) is 0 Å². The number of benzene rings is 2. The first-order chi connectivity index (χ1) is 11.6. The Labute approximate surface area is 139 Å². The van der Waals surface area contributed by atoms with E-state index in [0.717, 1.165) is 5.56 Å². The molecule has 0 fully saturated rings. The van der Waals surface area contributed by atoms with Crippen LogP contribution in [0.5, 0.6) is 0 Å². The van der Waals surface area contributed by atoms with E-state index in [1.165, 1.54) is 0 Å². The number of para-hydroxylation sites is 1. The highest BCUT2D eigenvalue weighted by Gasteiger charge is 2.10. The predicted molar refractivity (Wildman–Crippen MR) is 93.7 cm³/mol. The maximum absolute atomic E-state index is 12.1. The monoisotopic (exact) mass is 321 g/mol. The summed E-state index contributed by atoms with van der Waals surface area (Å²) in [5.41, 5.74) is 1.53. The van der Waals surface area contributed by atoms with Gasteiger partial charge in [-0.05, 0) is 24.6 Å². The smallest absolute Gasteiger partial charge is 0.258 e. The highest BCUT2D eigenvalue weighted by molar-refractivity contribution is 5.78. The second kappa shape index (κ2) is 7.08. The average Bonchev–Trinajstić information content (AvgIpc) is 2.61. The Kier molecular flexibility index (Phi) is 4.70. The van der Waals surface area contributed by atoms with Crippen LogP contribution in [0.25, 0.3) is 10.9 Å². The molecule has 1 aromatic heterocycles. The van der Waals surface area contributed by atoms with Crippen LogP contribution in [0.2, 0.25) is 0 Å². The molecule has 3 aromatic rings. The van der Waals surface area contributed by atoms with Gasteiger partial charge in [-0.15, -0.1) is 0 Å². The van der Waals surface area contributed by atoms with Crippen molar-refractivity contribution in [1.29, 1.82) is 0 Å². The van der Waals surface area contributed by atoms with Crippen molar-refractivity contribution in [2.24, 2.45) is 0 Å². The predicted octanol–water partition coefficient (Wildman–Crippen LogP) is 2.73. The zero-order valence-electron chi connectivity index (χ0n) is 13.5. The summed E-state index contributed by atoms with van der Waals surface area (Å²) < 4.78 is 0. The number of rotatable bonds is 5. The van der Waals surface area contributed by atoms with Crippen LogP contribution in [0.15, 0.2) is 59.4 Å². The molecule has 0 aliphatic carbocycles. The minimum Gasteiger partial charge on any atom is -0.350 e. The van der Waals surface area contributed by atoms with E-state index in [-0.39, 0.29) is 23.9 Å². The lowest BCUT2D eigenvalue weighted by atomic mass is 10.1. The molecule has 5 heteroatoms. The molecule has 0 spiro atoms. The molecule has 24 heavy (non-hydrogen) atoms. The Balaban J connectivity index is 1.63. The molecular formula is C19H19N3O2. The van der Waals surface area contributed by atoms with Gasteiger partial charge in [-0.3, -0.25) is 9.59 Å². The Bertz CT molecular complexity index is 903. The van der Waals surface area contributed by atoms with E-state index in [0.29, 0.717) is 23.1 Å². The van der Waals surface area contributed by atoms with Crippen molar-refractivity contribution in [2.45, 2.75) is 25.8 Å². The molecule has 0 radical (unpaired) electrons. The molecule has 1 heterocycles. The van der Waals surface area contributed by atoms with Gasteiger partial charge in [0.2, 0.25) is 5.91 Å². The van der Waals surface area contributed by atoms with Gasteiger partial charge in [0.1, 0.15) is 5.82 Å². The quantitative estimate of drug-likeness (QED) is 0.759.